The van der Waals surface area contributed by atoms with Crippen LogP contribution in [0.15, 0.2) is 60.3 Å². The summed E-state index contributed by atoms with van der Waals surface area (Å²) < 4.78 is 18.4. The van der Waals surface area contributed by atoms with E-state index in [2.05, 4.69) is 61.8 Å². The maximum Gasteiger partial charge on any atom is 0.537 e. The number of benzene rings is 2. The van der Waals surface area contributed by atoms with Gasteiger partial charge in [-0.3, -0.25) is 9.59 Å². The number of nitrogens with one attached hydrogen (secondary N) is 1. The van der Waals surface area contributed by atoms with E-state index >= 15 is 0 Å². The van der Waals surface area contributed by atoms with Gasteiger partial charge in [0, 0.05) is 59.8 Å². The first-order chi connectivity index (χ1) is 20.1. The van der Waals surface area contributed by atoms with Gasteiger partial charge in [-0.05, 0) is 68.5 Å². The first kappa shape index (κ1) is 30.4. The number of hydrogen-bond donors (Lipinski definition) is 1. The Bertz CT molecular complexity index is 1470. The van der Waals surface area contributed by atoms with Crippen LogP contribution in [0.4, 0.5) is 5.69 Å². The molecule has 5 rings (SSSR count). The van der Waals surface area contributed by atoms with Crippen molar-refractivity contribution in [1.29, 1.82) is 0 Å². The average molecular weight is 589 g/mol. The second-order valence-corrected chi connectivity index (χ2v) is 14.7. The first-order valence-electron chi connectivity index (χ1n) is 15.3. The molecule has 0 spiro atoms. The SMILES string of the molecule is CCO[Si](OCC)(OCC)c1ccc2[nH]cc(C3C(=O)C(=CC4N(CCC(C)C)c5ccccc5C4(C)C)C3=O)c2c1. The van der Waals surface area contributed by atoms with E-state index in [0.29, 0.717) is 36.9 Å². The molecule has 1 unspecified atom stereocenters. The lowest BCUT2D eigenvalue weighted by Crippen LogP contribution is -2.56. The Morgan fingerprint density at radius 1 is 0.976 bits per heavy atom. The molecular weight excluding hydrogens is 544 g/mol. The maximum absolute atomic E-state index is 13.8. The van der Waals surface area contributed by atoms with Gasteiger partial charge in [0.15, 0.2) is 11.6 Å². The average Bonchev–Trinajstić information content (AvgIpc) is 3.46. The summed E-state index contributed by atoms with van der Waals surface area (Å²) in [6, 6.07) is 14.3. The van der Waals surface area contributed by atoms with Crippen LogP contribution >= 0.6 is 0 Å². The molecule has 1 atom stereocenters. The number of para-hydroxylation sites is 1. The van der Waals surface area contributed by atoms with Gasteiger partial charge in [0.05, 0.1) is 11.6 Å². The summed E-state index contributed by atoms with van der Waals surface area (Å²) in [6.07, 6.45) is 4.77. The molecule has 42 heavy (non-hydrogen) atoms. The van der Waals surface area contributed by atoms with Crippen molar-refractivity contribution in [3.8, 4) is 0 Å². The van der Waals surface area contributed by atoms with E-state index in [1.807, 2.05) is 45.0 Å². The number of aromatic nitrogens is 1. The number of carbonyl (C=O) groups excluding carboxylic acids is 2. The molecule has 1 aromatic heterocycles. The van der Waals surface area contributed by atoms with E-state index in [4.69, 9.17) is 13.3 Å². The molecular formula is C34H44N2O5Si. The van der Waals surface area contributed by atoms with Crippen LogP contribution in [0.2, 0.25) is 0 Å². The zero-order chi connectivity index (χ0) is 30.2. The number of carbonyl (C=O) groups is 2. The van der Waals surface area contributed by atoms with Crippen LogP contribution in [0.1, 0.15) is 71.9 Å². The molecule has 1 N–H and O–H groups in total. The Balaban J connectivity index is 1.49. The fourth-order valence-corrected chi connectivity index (χ4v) is 9.02. The monoisotopic (exact) mass is 588 g/mol. The number of nitrogens with zero attached hydrogens (tertiary/aromatic N) is 1. The van der Waals surface area contributed by atoms with Crippen LogP contribution in [0.25, 0.3) is 10.9 Å². The summed E-state index contributed by atoms with van der Waals surface area (Å²) in [7, 11) is -3.16. The minimum absolute atomic E-state index is 0.0812. The second-order valence-electron chi connectivity index (χ2n) is 12.2. The van der Waals surface area contributed by atoms with Crippen molar-refractivity contribution in [2.75, 3.05) is 31.3 Å². The Morgan fingerprint density at radius 3 is 2.24 bits per heavy atom. The fraction of sp³-hybridized carbons (Fsp3) is 0.471. The summed E-state index contributed by atoms with van der Waals surface area (Å²) in [5.74, 6) is -0.513. The molecule has 2 aliphatic rings. The third-order valence-corrected chi connectivity index (χ3v) is 11.7. The maximum atomic E-state index is 13.8. The van der Waals surface area contributed by atoms with Gasteiger partial charge in [-0.25, -0.2) is 0 Å². The highest BCUT2D eigenvalue weighted by Gasteiger charge is 2.50. The standard InChI is InChI=1S/C34H44N2O5Si/c1-8-39-42(40-9-2,41-10-3)23-15-16-28-24(19-23)26(21-35-28)31-32(37)25(33(31)38)20-30-34(6,7)27-13-11-12-14-29(27)36(30)18-17-22(4)5/h11-16,19-22,30-31,35H,8-10,17-18H2,1-7H3. The number of H-pyrrole nitrogens is 1. The molecule has 3 aromatic rings. The molecule has 0 bridgehead atoms. The van der Waals surface area contributed by atoms with Gasteiger partial charge in [0.1, 0.15) is 5.92 Å². The number of ketones is 2. The van der Waals surface area contributed by atoms with Crippen LogP contribution in [-0.2, 0) is 28.3 Å². The van der Waals surface area contributed by atoms with Crippen LogP contribution in [0.5, 0.6) is 0 Å². The number of aromatic amines is 1. The predicted octanol–water partition coefficient (Wildman–Crippen LogP) is 5.80. The summed E-state index contributed by atoms with van der Waals surface area (Å²) >= 11 is 0. The number of Topliss-reactive ketones (excluding diaryl/α,β-unsaturated/α-hetero) is 2. The molecule has 2 aromatic carbocycles. The Morgan fingerprint density at radius 2 is 1.62 bits per heavy atom. The molecule has 1 fully saturated rings. The molecule has 0 saturated heterocycles. The second kappa shape index (κ2) is 11.9. The minimum atomic E-state index is -3.16. The Labute approximate surface area is 250 Å². The molecule has 0 radical (unpaired) electrons. The third-order valence-electron chi connectivity index (χ3n) is 8.69. The van der Waals surface area contributed by atoms with E-state index in [1.54, 1.807) is 6.20 Å². The zero-order valence-electron chi connectivity index (χ0n) is 26.0. The molecule has 1 aliphatic heterocycles. The topological polar surface area (TPSA) is 80.9 Å². The minimum Gasteiger partial charge on any atom is -0.370 e. The molecule has 0 amide bonds. The van der Waals surface area contributed by atoms with Crippen LogP contribution in [0, 0.1) is 5.92 Å². The number of allylic oxidation sites excluding steroid dienone is 1. The highest BCUT2D eigenvalue weighted by Crippen LogP contribution is 2.47. The van der Waals surface area contributed by atoms with Gasteiger partial charge in [0.25, 0.3) is 0 Å². The van der Waals surface area contributed by atoms with Crippen molar-refractivity contribution >= 4 is 42.1 Å². The van der Waals surface area contributed by atoms with Gasteiger partial charge >= 0.3 is 8.80 Å². The molecule has 2 heterocycles. The van der Waals surface area contributed by atoms with Crippen molar-refractivity contribution < 1.29 is 22.9 Å². The predicted molar refractivity (Wildman–Crippen MR) is 169 cm³/mol. The first-order valence-corrected chi connectivity index (χ1v) is 17.0. The molecule has 224 valence electrons. The van der Waals surface area contributed by atoms with Crippen molar-refractivity contribution in [1.82, 2.24) is 4.98 Å². The summed E-state index contributed by atoms with van der Waals surface area (Å²) in [6.45, 7) is 16.9. The van der Waals surface area contributed by atoms with E-state index < -0.39 is 14.7 Å². The van der Waals surface area contributed by atoms with Crippen molar-refractivity contribution in [2.24, 2.45) is 5.92 Å². The van der Waals surface area contributed by atoms with Gasteiger partial charge in [-0.1, -0.05) is 52.0 Å². The highest BCUT2D eigenvalue weighted by atomic mass is 28.4. The lowest BCUT2D eigenvalue weighted by atomic mass is 9.70. The molecule has 1 aliphatic carbocycles. The molecule has 1 saturated carbocycles. The van der Waals surface area contributed by atoms with Crippen molar-refractivity contribution in [3.63, 3.8) is 0 Å². The number of anilines is 1. The Kier molecular flexibility index (Phi) is 8.63. The quantitative estimate of drug-likeness (QED) is 0.125. The number of rotatable bonds is 12. The number of hydrogen-bond acceptors (Lipinski definition) is 6. The van der Waals surface area contributed by atoms with Crippen molar-refractivity contribution in [3.05, 3.63) is 71.4 Å². The van der Waals surface area contributed by atoms with Gasteiger partial charge < -0.3 is 23.2 Å². The largest absolute Gasteiger partial charge is 0.537 e. The van der Waals surface area contributed by atoms with Crippen molar-refractivity contribution in [2.45, 2.75) is 72.3 Å². The third kappa shape index (κ3) is 5.08. The van der Waals surface area contributed by atoms with Gasteiger partial charge in [-0.15, -0.1) is 0 Å². The van der Waals surface area contributed by atoms with Crippen LogP contribution < -0.4 is 10.1 Å². The van der Waals surface area contributed by atoms with E-state index in [0.717, 1.165) is 29.1 Å². The normalized spacial score (nSPS) is 20.0. The molecule has 8 heteroatoms. The number of fused-ring (bicyclic) bond motifs is 2. The summed E-state index contributed by atoms with van der Waals surface area (Å²) in [4.78, 5) is 33.2. The lowest BCUT2D eigenvalue weighted by Gasteiger charge is -2.35. The summed E-state index contributed by atoms with van der Waals surface area (Å²) in [5.41, 5.74) is 4.06. The van der Waals surface area contributed by atoms with Gasteiger partial charge in [0.2, 0.25) is 0 Å². The summed E-state index contributed by atoms with van der Waals surface area (Å²) in [5, 5.41) is 1.64. The fourth-order valence-electron chi connectivity index (χ4n) is 6.52. The molecule has 7 nitrogen and oxygen atoms in total. The smallest absolute Gasteiger partial charge is 0.370 e. The van der Waals surface area contributed by atoms with E-state index in [1.165, 1.54) is 11.3 Å². The highest BCUT2D eigenvalue weighted by molar-refractivity contribution is 6.75. The van der Waals surface area contributed by atoms with E-state index in [9.17, 15) is 9.59 Å². The van der Waals surface area contributed by atoms with Crippen LogP contribution in [0.3, 0.4) is 0 Å². The van der Waals surface area contributed by atoms with E-state index in [-0.39, 0.29) is 23.0 Å². The zero-order valence-corrected chi connectivity index (χ0v) is 27.0. The lowest BCUT2D eigenvalue weighted by molar-refractivity contribution is -0.133. The van der Waals surface area contributed by atoms with Crippen LogP contribution in [-0.4, -0.2) is 57.8 Å². The Hall–Kier alpha value is -3.04. The van der Waals surface area contributed by atoms with Gasteiger partial charge in [-0.2, -0.15) is 0 Å².